The zero-order valence-corrected chi connectivity index (χ0v) is 36.6. The monoisotopic (exact) mass is 780 g/mol. The molecule has 13 rings (SSSR count). The first-order valence-electron chi connectivity index (χ1n) is 23.6. The average Bonchev–Trinajstić information content (AvgIpc) is 3.20. The molecule has 5 aromatic rings. The van der Waals surface area contributed by atoms with Crippen molar-refractivity contribution in [2.24, 2.45) is 35.5 Å². The van der Waals surface area contributed by atoms with Crippen LogP contribution in [0.3, 0.4) is 0 Å². The van der Waals surface area contributed by atoms with Gasteiger partial charge in [0.05, 0.1) is 11.4 Å². The highest BCUT2D eigenvalue weighted by molar-refractivity contribution is 5.88. The SMILES string of the molecule is Cc1cc(-c2ccc(C(C)C)cc2-c2cccc(-c3cc(C(C)C)ccc3-c3cc(C)cc(C45CC6CC(CC(C6)C4)C5)c3O)n2)cc(C23CC4CC(CC(C4)C2)C3)c1. The van der Waals surface area contributed by atoms with E-state index in [-0.39, 0.29) is 5.41 Å². The number of benzene rings is 4. The van der Waals surface area contributed by atoms with Gasteiger partial charge < -0.3 is 5.11 Å². The molecule has 0 saturated heterocycles. The second kappa shape index (κ2) is 13.9. The molecule has 0 amide bonds. The molecule has 59 heavy (non-hydrogen) atoms. The highest BCUT2D eigenvalue weighted by Crippen LogP contribution is 2.63. The van der Waals surface area contributed by atoms with E-state index in [1.165, 1.54) is 122 Å². The zero-order chi connectivity index (χ0) is 40.4. The first-order chi connectivity index (χ1) is 28.4. The summed E-state index contributed by atoms with van der Waals surface area (Å²) in [5, 5.41) is 12.5. The van der Waals surface area contributed by atoms with Gasteiger partial charge in [-0.05, 0) is 218 Å². The summed E-state index contributed by atoms with van der Waals surface area (Å²) in [7, 11) is 0. The summed E-state index contributed by atoms with van der Waals surface area (Å²) in [6, 6.07) is 32.9. The van der Waals surface area contributed by atoms with Crippen molar-refractivity contribution in [2.45, 2.75) is 141 Å². The molecule has 1 aromatic heterocycles. The van der Waals surface area contributed by atoms with E-state index in [9.17, 15) is 5.11 Å². The van der Waals surface area contributed by atoms with Gasteiger partial charge in [0.2, 0.25) is 0 Å². The van der Waals surface area contributed by atoms with Crippen LogP contribution in [-0.4, -0.2) is 10.1 Å². The number of aromatic hydroxyl groups is 1. The normalized spacial score (nSPS) is 30.2. The Morgan fingerprint density at radius 2 is 0.966 bits per heavy atom. The van der Waals surface area contributed by atoms with Gasteiger partial charge in [-0.1, -0.05) is 87.9 Å². The second-order valence-electron chi connectivity index (χ2n) is 22.0. The maximum Gasteiger partial charge on any atom is 0.127 e. The third-order valence-corrected chi connectivity index (χ3v) is 16.9. The standard InChI is InChI=1S/C57H65NO/c1-33(2)43-10-12-47(45-14-35(5)15-46(24-45)56-27-37-18-38(28-56)20-39(19-37)29-56)49(25-43)53-8-7-9-54(58-53)50-26-44(34(3)4)11-13-48(50)51-16-36(6)17-52(55(51)59)57-30-40-21-41(31-57)23-42(22-40)32-57/h7-17,24-26,33-34,37-42,59H,18-23,27-32H2,1-6H3. The quantitative estimate of drug-likeness (QED) is 0.170. The molecule has 2 nitrogen and oxygen atoms in total. The number of aryl methyl sites for hydroxylation is 2. The van der Waals surface area contributed by atoms with E-state index in [0.717, 1.165) is 63.6 Å². The molecule has 4 aromatic carbocycles. The van der Waals surface area contributed by atoms with Gasteiger partial charge >= 0.3 is 0 Å². The highest BCUT2D eigenvalue weighted by atomic mass is 16.3. The van der Waals surface area contributed by atoms with E-state index in [4.69, 9.17) is 4.98 Å². The second-order valence-corrected chi connectivity index (χ2v) is 22.0. The Bertz CT molecular complexity index is 2390. The maximum atomic E-state index is 12.5. The van der Waals surface area contributed by atoms with Gasteiger partial charge in [0.15, 0.2) is 0 Å². The van der Waals surface area contributed by atoms with Gasteiger partial charge in [-0.15, -0.1) is 0 Å². The van der Waals surface area contributed by atoms with E-state index < -0.39 is 0 Å². The third kappa shape index (κ3) is 6.44. The third-order valence-electron chi connectivity index (χ3n) is 16.9. The molecule has 304 valence electrons. The minimum absolute atomic E-state index is 0.110. The van der Waals surface area contributed by atoms with E-state index in [1.807, 2.05) is 0 Å². The van der Waals surface area contributed by atoms with Crippen LogP contribution in [0.1, 0.15) is 150 Å². The fraction of sp³-hybridized carbons (Fsp3) is 0.491. The van der Waals surface area contributed by atoms with E-state index in [0.29, 0.717) is 23.0 Å². The molecule has 8 aliphatic rings. The van der Waals surface area contributed by atoms with Crippen molar-refractivity contribution in [1.82, 2.24) is 4.98 Å². The molecule has 0 radical (unpaired) electrons. The number of nitrogens with zero attached hydrogens (tertiary/aromatic N) is 1. The number of aromatic nitrogens is 1. The first-order valence-corrected chi connectivity index (χ1v) is 23.6. The summed E-state index contributed by atoms with van der Waals surface area (Å²) in [6.07, 6.45) is 16.4. The summed E-state index contributed by atoms with van der Waals surface area (Å²) < 4.78 is 0. The van der Waals surface area contributed by atoms with Crippen LogP contribution >= 0.6 is 0 Å². The Labute approximate surface area is 354 Å². The van der Waals surface area contributed by atoms with Crippen LogP contribution in [0.15, 0.2) is 84.9 Å². The number of phenols is 1. The maximum absolute atomic E-state index is 12.5. The molecule has 0 atom stereocenters. The van der Waals surface area contributed by atoms with Crippen molar-refractivity contribution in [3.8, 4) is 50.5 Å². The van der Waals surface area contributed by atoms with Crippen molar-refractivity contribution in [2.75, 3.05) is 0 Å². The largest absolute Gasteiger partial charge is 0.507 e. The first kappa shape index (κ1) is 37.8. The van der Waals surface area contributed by atoms with E-state index in [1.54, 1.807) is 5.56 Å². The van der Waals surface area contributed by atoms with Gasteiger partial charge in [0, 0.05) is 22.3 Å². The summed E-state index contributed by atoms with van der Waals surface area (Å²) >= 11 is 0. The van der Waals surface area contributed by atoms with Crippen LogP contribution < -0.4 is 0 Å². The summed E-state index contributed by atoms with van der Waals surface area (Å²) in [6.45, 7) is 13.7. The lowest BCUT2D eigenvalue weighted by atomic mass is 9.48. The van der Waals surface area contributed by atoms with Crippen LogP contribution in [0.2, 0.25) is 0 Å². The number of phenolic OH excluding ortho intramolecular Hbond substituents is 1. The van der Waals surface area contributed by atoms with Crippen LogP contribution in [0.4, 0.5) is 0 Å². The van der Waals surface area contributed by atoms with Crippen LogP contribution in [0, 0.1) is 49.4 Å². The molecule has 8 bridgehead atoms. The topological polar surface area (TPSA) is 33.1 Å². The molecule has 8 aliphatic carbocycles. The lowest BCUT2D eigenvalue weighted by molar-refractivity contribution is -0.00614. The van der Waals surface area contributed by atoms with Gasteiger partial charge in [0.1, 0.15) is 5.75 Å². The molecular formula is C57H65NO. The number of pyridine rings is 1. The molecule has 0 aliphatic heterocycles. The lowest BCUT2D eigenvalue weighted by Gasteiger charge is -2.57. The molecular weight excluding hydrogens is 715 g/mol. The fourth-order valence-electron chi connectivity index (χ4n) is 15.0. The fourth-order valence-corrected chi connectivity index (χ4v) is 15.0. The predicted molar refractivity (Wildman–Crippen MR) is 245 cm³/mol. The minimum Gasteiger partial charge on any atom is -0.507 e. The van der Waals surface area contributed by atoms with Crippen LogP contribution in [0.5, 0.6) is 5.75 Å². The Morgan fingerprint density at radius 3 is 1.49 bits per heavy atom. The van der Waals surface area contributed by atoms with Crippen LogP contribution in [0.25, 0.3) is 44.8 Å². The molecule has 0 unspecified atom stereocenters. The van der Waals surface area contributed by atoms with Gasteiger partial charge in [-0.2, -0.15) is 0 Å². The molecule has 1 N–H and O–H groups in total. The van der Waals surface area contributed by atoms with E-state index >= 15 is 0 Å². The smallest absolute Gasteiger partial charge is 0.127 e. The van der Waals surface area contributed by atoms with Crippen LogP contribution in [-0.2, 0) is 10.8 Å². The van der Waals surface area contributed by atoms with Crippen molar-refractivity contribution in [3.63, 3.8) is 0 Å². The Kier molecular flexibility index (Phi) is 8.93. The molecule has 0 spiro atoms. The van der Waals surface area contributed by atoms with Gasteiger partial charge in [0.25, 0.3) is 0 Å². The molecule has 8 fully saturated rings. The number of rotatable bonds is 8. The number of hydrogen-bond donors (Lipinski definition) is 1. The zero-order valence-electron chi connectivity index (χ0n) is 36.6. The Morgan fingerprint density at radius 1 is 0.492 bits per heavy atom. The average molecular weight is 780 g/mol. The van der Waals surface area contributed by atoms with Crippen molar-refractivity contribution in [3.05, 3.63) is 118 Å². The van der Waals surface area contributed by atoms with Gasteiger partial charge in [-0.3, -0.25) is 0 Å². The highest BCUT2D eigenvalue weighted by Gasteiger charge is 2.53. The predicted octanol–water partition coefficient (Wildman–Crippen LogP) is 15.3. The summed E-state index contributed by atoms with van der Waals surface area (Å²) in [5.41, 5.74) is 17.5. The molecule has 1 heterocycles. The Hall–Kier alpha value is -4.17. The molecule has 2 heteroatoms. The summed E-state index contributed by atoms with van der Waals surface area (Å²) in [5.74, 6) is 6.51. The Balaban J connectivity index is 1.03. The van der Waals surface area contributed by atoms with Crippen molar-refractivity contribution in [1.29, 1.82) is 0 Å². The van der Waals surface area contributed by atoms with Crippen molar-refractivity contribution >= 4 is 0 Å². The lowest BCUT2D eigenvalue weighted by Crippen LogP contribution is -2.48. The van der Waals surface area contributed by atoms with Crippen molar-refractivity contribution < 1.29 is 5.11 Å². The van der Waals surface area contributed by atoms with Gasteiger partial charge in [-0.25, -0.2) is 4.98 Å². The van der Waals surface area contributed by atoms with E-state index in [2.05, 4.69) is 126 Å². The molecule has 8 saturated carbocycles. The minimum atomic E-state index is 0.110. The number of hydrogen-bond acceptors (Lipinski definition) is 2. The summed E-state index contributed by atoms with van der Waals surface area (Å²) in [4.78, 5) is 5.63.